The molecule has 2 aromatic carbocycles. The van der Waals surface area contributed by atoms with Crippen LogP contribution in [0.15, 0.2) is 42.5 Å². The van der Waals surface area contributed by atoms with Gasteiger partial charge in [-0.1, -0.05) is 0 Å². The first kappa shape index (κ1) is 21.2. The highest BCUT2D eigenvalue weighted by atomic mass is 19.2. The number of nitrogens with one attached hydrogen (secondary N) is 2. The van der Waals surface area contributed by atoms with Crippen molar-refractivity contribution < 1.29 is 22.8 Å². The van der Waals surface area contributed by atoms with Crippen LogP contribution < -0.4 is 15.5 Å². The molecule has 2 fully saturated rings. The molecule has 2 saturated heterocycles. The van der Waals surface area contributed by atoms with Crippen LogP contribution in [0.3, 0.4) is 0 Å². The fraction of sp³-hybridized carbons (Fsp3) is 0.364. The molecule has 2 amide bonds. The van der Waals surface area contributed by atoms with Crippen molar-refractivity contribution in [1.29, 1.82) is 0 Å². The van der Waals surface area contributed by atoms with Crippen molar-refractivity contribution in [2.75, 3.05) is 37.7 Å². The van der Waals surface area contributed by atoms with Crippen LogP contribution in [0.1, 0.15) is 23.2 Å². The quantitative estimate of drug-likeness (QED) is 0.761. The molecular weight excluding hydrogens is 409 g/mol. The third-order valence-corrected chi connectivity index (χ3v) is 6.06. The molecule has 4 rings (SSSR count). The summed E-state index contributed by atoms with van der Waals surface area (Å²) in [7, 11) is 0. The Kier molecular flexibility index (Phi) is 5.86. The third kappa shape index (κ3) is 4.23. The first-order valence-electron chi connectivity index (χ1n) is 10.2. The zero-order chi connectivity index (χ0) is 22.0. The second-order valence-electron chi connectivity index (χ2n) is 7.83. The highest BCUT2D eigenvalue weighted by Crippen LogP contribution is 2.36. The van der Waals surface area contributed by atoms with E-state index in [1.807, 2.05) is 4.90 Å². The van der Waals surface area contributed by atoms with E-state index in [1.54, 1.807) is 0 Å². The van der Waals surface area contributed by atoms with Crippen LogP contribution in [0.4, 0.5) is 18.9 Å². The molecule has 2 heterocycles. The van der Waals surface area contributed by atoms with Crippen molar-refractivity contribution in [2.45, 2.75) is 18.4 Å². The first-order valence-corrected chi connectivity index (χ1v) is 10.2. The molecular formula is C22H23F3N4O2. The number of carbonyl (C=O) groups is 2. The summed E-state index contributed by atoms with van der Waals surface area (Å²) < 4.78 is 40.0. The van der Waals surface area contributed by atoms with Crippen molar-refractivity contribution in [1.82, 2.24) is 15.5 Å². The zero-order valence-electron chi connectivity index (χ0n) is 16.8. The molecule has 6 nitrogen and oxygen atoms in total. The van der Waals surface area contributed by atoms with Crippen LogP contribution >= 0.6 is 0 Å². The molecule has 0 unspecified atom stereocenters. The molecule has 2 aliphatic heterocycles. The highest BCUT2D eigenvalue weighted by Gasteiger charge is 2.50. The van der Waals surface area contributed by atoms with Crippen LogP contribution in [0, 0.1) is 17.5 Å². The zero-order valence-corrected chi connectivity index (χ0v) is 16.8. The summed E-state index contributed by atoms with van der Waals surface area (Å²) in [4.78, 5) is 28.7. The van der Waals surface area contributed by atoms with Crippen LogP contribution in [-0.4, -0.2) is 55.1 Å². The lowest BCUT2D eigenvalue weighted by molar-refractivity contribution is -0.125. The number of hydrogen-bond acceptors (Lipinski definition) is 4. The number of amides is 2. The van der Waals surface area contributed by atoms with Crippen molar-refractivity contribution in [3.63, 3.8) is 0 Å². The normalized spacial score (nSPS) is 18.3. The molecule has 0 aromatic heterocycles. The molecule has 2 N–H and O–H groups in total. The van der Waals surface area contributed by atoms with Crippen molar-refractivity contribution >= 4 is 17.5 Å². The molecule has 0 radical (unpaired) electrons. The molecule has 164 valence electrons. The number of rotatable bonds is 5. The Balaban J connectivity index is 1.33. The maximum absolute atomic E-state index is 13.7. The van der Waals surface area contributed by atoms with Gasteiger partial charge in [0, 0.05) is 43.5 Å². The van der Waals surface area contributed by atoms with Gasteiger partial charge in [0.05, 0.1) is 6.67 Å². The minimum atomic E-state index is -0.943. The molecule has 0 aliphatic carbocycles. The molecule has 2 aliphatic rings. The summed E-state index contributed by atoms with van der Waals surface area (Å²) in [6.07, 6.45) is 1.06. The summed E-state index contributed by atoms with van der Waals surface area (Å²) in [5.74, 6) is -2.64. The van der Waals surface area contributed by atoms with Gasteiger partial charge in [-0.05, 0) is 49.2 Å². The van der Waals surface area contributed by atoms with E-state index < -0.39 is 23.0 Å². The third-order valence-electron chi connectivity index (χ3n) is 6.06. The number of hydrogen-bond donors (Lipinski definition) is 2. The molecule has 0 saturated carbocycles. The second kappa shape index (κ2) is 8.58. The average Bonchev–Trinajstić information content (AvgIpc) is 3.07. The predicted molar refractivity (Wildman–Crippen MR) is 109 cm³/mol. The number of carbonyl (C=O) groups excluding carboxylic acids is 2. The molecule has 9 heteroatoms. The van der Waals surface area contributed by atoms with Gasteiger partial charge in [0.25, 0.3) is 5.91 Å². The Labute approximate surface area is 178 Å². The number of nitrogens with zero attached hydrogens (tertiary/aromatic N) is 2. The number of piperidine rings is 1. The van der Waals surface area contributed by atoms with Gasteiger partial charge in [-0.25, -0.2) is 13.2 Å². The maximum Gasteiger partial charge on any atom is 0.251 e. The Hall–Kier alpha value is -3.07. The largest absolute Gasteiger partial charge is 0.351 e. The number of anilines is 1. The van der Waals surface area contributed by atoms with E-state index in [9.17, 15) is 22.8 Å². The molecule has 2 aromatic rings. The molecule has 0 atom stereocenters. The maximum atomic E-state index is 13.7. The lowest BCUT2D eigenvalue weighted by Gasteiger charge is -2.43. The van der Waals surface area contributed by atoms with E-state index in [4.69, 9.17) is 0 Å². The van der Waals surface area contributed by atoms with Gasteiger partial charge in [0.2, 0.25) is 5.91 Å². The van der Waals surface area contributed by atoms with Gasteiger partial charge in [-0.2, -0.15) is 0 Å². The molecule has 31 heavy (non-hydrogen) atoms. The summed E-state index contributed by atoms with van der Waals surface area (Å²) in [5.41, 5.74) is 0.0686. The van der Waals surface area contributed by atoms with Crippen LogP contribution in [0.5, 0.6) is 0 Å². The summed E-state index contributed by atoms with van der Waals surface area (Å²) >= 11 is 0. The van der Waals surface area contributed by atoms with E-state index in [-0.39, 0.29) is 18.5 Å². The van der Waals surface area contributed by atoms with Crippen molar-refractivity contribution in [2.24, 2.45) is 0 Å². The predicted octanol–water partition coefficient (Wildman–Crippen LogP) is 2.26. The topological polar surface area (TPSA) is 64.7 Å². The van der Waals surface area contributed by atoms with Crippen LogP contribution in [0.2, 0.25) is 0 Å². The van der Waals surface area contributed by atoms with E-state index in [0.29, 0.717) is 50.3 Å². The summed E-state index contributed by atoms with van der Waals surface area (Å²) in [6.45, 7) is 2.52. The fourth-order valence-corrected chi connectivity index (χ4v) is 4.26. The summed E-state index contributed by atoms with van der Waals surface area (Å²) in [5, 5.41) is 5.64. The Morgan fingerprint density at radius 1 is 1.03 bits per heavy atom. The van der Waals surface area contributed by atoms with Gasteiger partial charge in [0.1, 0.15) is 11.4 Å². The van der Waals surface area contributed by atoms with Crippen molar-refractivity contribution in [3.8, 4) is 0 Å². The van der Waals surface area contributed by atoms with E-state index in [2.05, 4.69) is 15.5 Å². The lowest BCUT2D eigenvalue weighted by atomic mass is 9.85. The van der Waals surface area contributed by atoms with Gasteiger partial charge in [-0.15, -0.1) is 0 Å². The van der Waals surface area contributed by atoms with E-state index in [0.717, 1.165) is 12.1 Å². The molecule has 1 spiro atoms. The average molecular weight is 432 g/mol. The second-order valence-corrected chi connectivity index (χ2v) is 7.83. The number of likely N-dealkylation sites (tertiary alicyclic amines) is 1. The van der Waals surface area contributed by atoms with E-state index >= 15 is 0 Å². The van der Waals surface area contributed by atoms with Gasteiger partial charge in [0.15, 0.2) is 11.6 Å². The Morgan fingerprint density at radius 3 is 2.42 bits per heavy atom. The minimum Gasteiger partial charge on any atom is -0.351 e. The van der Waals surface area contributed by atoms with E-state index in [1.165, 1.54) is 30.3 Å². The number of benzene rings is 2. The van der Waals surface area contributed by atoms with Gasteiger partial charge in [-0.3, -0.25) is 9.59 Å². The first-order chi connectivity index (χ1) is 14.9. The number of halogens is 3. The summed E-state index contributed by atoms with van der Waals surface area (Å²) in [6, 6.07) is 9.02. The lowest BCUT2D eigenvalue weighted by Crippen LogP contribution is -2.57. The van der Waals surface area contributed by atoms with Gasteiger partial charge < -0.3 is 20.4 Å². The highest BCUT2D eigenvalue weighted by molar-refractivity contribution is 5.94. The Bertz CT molecular complexity index is 975. The fourth-order valence-electron chi connectivity index (χ4n) is 4.26. The van der Waals surface area contributed by atoms with Crippen molar-refractivity contribution in [3.05, 3.63) is 65.5 Å². The Morgan fingerprint density at radius 2 is 1.74 bits per heavy atom. The SMILES string of the molecule is O=C(NCCN1CCC2(CC1)C(=O)NCN2c1ccc(F)c(F)c1)c1ccc(F)cc1. The standard InChI is InChI=1S/C22H23F3N4O2/c23-16-3-1-15(2-4-16)20(30)26-9-12-28-10-7-22(8-11-28)21(31)27-14-29(22)17-5-6-18(24)19(25)13-17/h1-6,13H,7-12,14H2,(H,26,30)(H,27,31). The van der Waals surface area contributed by atoms with Crippen LogP contribution in [0.25, 0.3) is 0 Å². The minimum absolute atomic E-state index is 0.110. The van der Waals surface area contributed by atoms with Gasteiger partial charge >= 0.3 is 0 Å². The smallest absolute Gasteiger partial charge is 0.251 e. The molecule has 0 bridgehead atoms. The monoisotopic (exact) mass is 432 g/mol. The van der Waals surface area contributed by atoms with Crippen LogP contribution in [-0.2, 0) is 4.79 Å².